The molecule has 0 aromatic carbocycles. The number of aromatic amines is 1. The van der Waals surface area contributed by atoms with Crippen LogP contribution in [0.1, 0.15) is 43.7 Å². The van der Waals surface area contributed by atoms with Crippen molar-refractivity contribution in [2.24, 2.45) is 0 Å². The van der Waals surface area contributed by atoms with E-state index in [-0.39, 0.29) is 11.7 Å². The number of furan rings is 1. The second-order valence-corrected chi connectivity index (χ2v) is 7.81. The monoisotopic (exact) mass is 452 g/mol. The van der Waals surface area contributed by atoms with Crippen molar-refractivity contribution in [1.29, 1.82) is 0 Å². The van der Waals surface area contributed by atoms with E-state index in [0.29, 0.717) is 24.7 Å². The molecule has 1 amide bonds. The van der Waals surface area contributed by atoms with E-state index in [1.54, 1.807) is 30.7 Å². The van der Waals surface area contributed by atoms with Gasteiger partial charge in [0.15, 0.2) is 5.76 Å². The fourth-order valence-corrected chi connectivity index (χ4v) is 4.08. The zero-order valence-electron chi connectivity index (χ0n) is 19.3. The summed E-state index contributed by atoms with van der Waals surface area (Å²) in [6.07, 6.45) is 8.67. The van der Waals surface area contributed by atoms with Gasteiger partial charge in [-0.3, -0.25) is 9.89 Å². The first-order chi connectivity index (χ1) is 16.3. The number of piperidine rings is 1. The van der Waals surface area contributed by atoms with Crippen LogP contribution in [0.5, 0.6) is 0 Å². The standard InChI is InChI=1S/C22H26N6O3.C2H6/c29-22(20-5-4-19(31-20)16-13-24-25-14-16)26-17-15-23-21(28-8-10-30-11-9-28)12-18(17)27-6-2-1-3-7-27;1-2/h4-5,12-15H,1-3,6-11H2,(H,24,25)(H,26,29);1-2H3. The molecule has 33 heavy (non-hydrogen) atoms. The van der Waals surface area contributed by atoms with Crippen molar-refractivity contribution in [2.45, 2.75) is 33.1 Å². The van der Waals surface area contributed by atoms with Crippen LogP contribution in [-0.4, -0.2) is 60.5 Å². The van der Waals surface area contributed by atoms with E-state index in [2.05, 4.69) is 36.4 Å². The van der Waals surface area contributed by atoms with Gasteiger partial charge < -0.3 is 24.3 Å². The van der Waals surface area contributed by atoms with E-state index >= 15 is 0 Å². The Kier molecular flexibility index (Phi) is 7.62. The van der Waals surface area contributed by atoms with Gasteiger partial charge in [-0.25, -0.2) is 4.98 Å². The molecule has 2 saturated heterocycles. The van der Waals surface area contributed by atoms with E-state index in [1.165, 1.54) is 6.42 Å². The topological polar surface area (TPSA) is 99.5 Å². The van der Waals surface area contributed by atoms with E-state index in [0.717, 1.165) is 56.1 Å². The molecule has 2 fully saturated rings. The minimum absolute atomic E-state index is 0.248. The summed E-state index contributed by atoms with van der Waals surface area (Å²) in [4.78, 5) is 22.1. The number of anilines is 3. The predicted molar refractivity (Wildman–Crippen MR) is 129 cm³/mol. The first kappa shape index (κ1) is 22.8. The Morgan fingerprint density at radius 3 is 2.55 bits per heavy atom. The highest BCUT2D eigenvalue weighted by molar-refractivity contribution is 6.04. The third-order valence-electron chi connectivity index (χ3n) is 5.76. The Hall–Kier alpha value is -3.33. The number of pyridine rings is 1. The zero-order chi connectivity index (χ0) is 23.0. The molecule has 9 heteroatoms. The molecule has 0 unspecified atom stereocenters. The number of rotatable bonds is 5. The number of carbonyl (C=O) groups excluding carboxylic acids is 1. The molecule has 5 heterocycles. The molecular formula is C24H32N6O3. The second kappa shape index (κ2) is 11.0. The lowest BCUT2D eigenvalue weighted by Gasteiger charge is -2.33. The maximum absolute atomic E-state index is 12.9. The minimum atomic E-state index is -0.297. The molecule has 2 N–H and O–H groups in total. The fraction of sp³-hybridized carbons (Fsp3) is 0.458. The maximum atomic E-state index is 12.9. The van der Waals surface area contributed by atoms with E-state index in [9.17, 15) is 4.79 Å². The number of hydrogen-bond acceptors (Lipinski definition) is 7. The lowest BCUT2D eigenvalue weighted by molar-refractivity contribution is 0.0997. The Morgan fingerprint density at radius 2 is 1.82 bits per heavy atom. The van der Waals surface area contributed by atoms with Crippen LogP contribution in [0.4, 0.5) is 17.2 Å². The molecule has 0 spiro atoms. The Bertz CT molecular complexity index is 1020. The number of amides is 1. The Labute approximate surface area is 194 Å². The number of nitrogens with zero attached hydrogens (tertiary/aromatic N) is 4. The highest BCUT2D eigenvalue weighted by Crippen LogP contribution is 2.32. The summed E-state index contributed by atoms with van der Waals surface area (Å²) < 4.78 is 11.2. The molecule has 2 aliphatic heterocycles. The van der Waals surface area contributed by atoms with Gasteiger partial charge in [-0.1, -0.05) is 13.8 Å². The van der Waals surface area contributed by atoms with Crippen LogP contribution >= 0.6 is 0 Å². The van der Waals surface area contributed by atoms with Gasteiger partial charge in [0, 0.05) is 38.4 Å². The molecule has 0 atom stereocenters. The fourth-order valence-electron chi connectivity index (χ4n) is 4.08. The number of ether oxygens (including phenoxy) is 1. The highest BCUT2D eigenvalue weighted by atomic mass is 16.5. The summed E-state index contributed by atoms with van der Waals surface area (Å²) in [6.45, 7) is 9.00. The van der Waals surface area contributed by atoms with Crippen LogP contribution < -0.4 is 15.1 Å². The van der Waals surface area contributed by atoms with E-state index in [1.807, 2.05) is 13.8 Å². The average molecular weight is 453 g/mol. The van der Waals surface area contributed by atoms with Gasteiger partial charge in [-0.2, -0.15) is 5.10 Å². The van der Waals surface area contributed by atoms with Crippen molar-refractivity contribution >= 4 is 23.1 Å². The molecule has 3 aromatic heterocycles. The lowest BCUT2D eigenvalue weighted by atomic mass is 10.1. The van der Waals surface area contributed by atoms with Gasteiger partial charge in [0.25, 0.3) is 5.91 Å². The molecule has 3 aromatic rings. The van der Waals surface area contributed by atoms with Crippen molar-refractivity contribution in [2.75, 3.05) is 54.5 Å². The summed E-state index contributed by atoms with van der Waals surface area (Å²) in [5, 5.41) is 9.68. The second-order valence-electron chi connectivity index (χ2n) is 7.81. The minimum Gasteiger partial charge on any atom is -0.451 e. The third-order valence-corrected chi connectivity index (χ3v) is 5.76. The van der Waals surface area contributed by atoms with Crippen LogP contribution in [0.15, 0.2) is 41.2 Å². The molecule has 0 aliphatic carbocycles. The Morgan fingerprint density at radius 1 is 1.03 bits per heavy atom. The van der Waals surface area contributed by atoms with Crippen LogP contribution in [0.2, 0.25) is 0 Å². The highest BCUT2D eigenvalue weighted by Gasteiger charge is 2.21. The van der Waals surface area contributed by atoms with E-state index in [4.69, 9.17) is 9.15 Å². The predicted octanol–water partition coefficient (Wildman–Crippen LogP) is 4.17. The summed E-state index contributed by atoms with van der Waals surface area (Å²) in [5.74, 6) is 1.46. The lowest BCUT2D eigenvalue weighted by Crippen LogP contribution is -2.37. The number of hydrogen-bond donors (Lipinski definition) is 2. The van der Waals surface area contributed by atoms with Crippen molar-refractivity contribution in [3.05, 3.63) is 42.5 Å². The number of nitrogens with one attached hydrogen (secondary N) is 2. The zero-order valence-corrected chi connectivity index (χ0v) is 19.3. The van der Waals surface area contributed by atoms with Crippen molar-refractivity contribution in [3.63, 3.8) is 0 Å². The van der Waals surface area contributed by atoms with Gasteiger partial charge in [-0.05, 0) is 31.4 Å². The number of carbonyl (C=O) groups is 1. The van der Waals surface area contributed by atoms with Gasteiger partial charge in [0.2, 0.25) is 0 Å². The first-order valence-corrected chi connectivity index (χ1v) is 11.8. The van der Waals surface area contributed by atoms with Gasteiger partial charge >= 0.3 is 0 Å². The molecule has 0 bridgehead atoms. The number of H-pyrrole nitrogens is 1. The van der Waals surface area contributed by atoms with Gasteiger partial charge in [-0.15, -0.1) is 0 Å². The molecular weight excluding hydrogens is 420 g/mol. The van der Waals surface area contributed by atoms with Crippen molar-refractivity contribution < 1.29 is 13.9 Å². The van der Waals surface area contributed by atoms with Crippen molar-refractivity contribution in [3.8, 4) is 11.3 Å². The number of aromatic nitrogens is 3. The molecule has 2 aliphatic rings. The molecule has 0 saturated carbocycles. The summed E-state index contributed by atoms with van der Waals surface area (Å²) in [7, 11) is 0. The quantitative estimate of drug-likeness (QED) is 0.599. The molecule has 5 rings (SSSR count). The molecule has 9 nitrogen and oxygen atoms in total. The summed E-state index contributed by atoms with van der Waals surface area (Å²) >= 11 is 0. The average Bonchev–Trinajstić information content (AvgIpc) is 3.59. The molecule has 0 radical (unpaired) electrons. The third kappa shape index (κ3) is 5.36. The molecule has 176 valence electrons. The largest absolute Gasteiger partial charge is 0.451 e. The number of morpholine rings is 1. The first-order valence-electron chi connectivity index (χ1n) is 11.8. The van der Waals surface area contributed by atoms with Crippen LogP contribution in [-0.2, 0) is 4.74 Å². The normalized spacial score (nSPS) is 16.2. The van der Waals surface area contributed by atoms with Crippen LogP contribution in [0.3, 0.4) is 0 Å². The Balaban J connectivity index is 0.00000126. The SMILES string of the molecule is CC.O=C(Nc1cnc(N2CCOCC2)cc1N1CCCCC1)c1ccc(-c2cn[nH]c2)o1. The maximum Gasteiger partial charge on any atom is 0.291 e. The van der Waals surface area contributed by atoms with Crippen LogP contribution in [0.25, 0.3) is 11.3 Å². The summed E-state index contributed by atoms with van der Waals surface area (Å²) in [6, 6.07) is 5.53. The van der Waals surface area contributed by atoms with E-state index < -0.39 is 0 Å². The van der Waals surface area contributed by atoms with Crippen molar-refractivity contribution in [1.82, 2.24) is 15.2 Å². The van der Waals surface area contributed by atoms with Gasteiger partial charge in [0.05, 0.1) is 42.5 Å². The smallest absolute Gasteiger partial charge is 0.291 e. The van der Waals surface area contributed by atoms with Crippen LogP contribution in [0, 0.1) is 0 Å². The summed E-state index contributed by atoms with van der Waals surface area (Å²) in [5.41, 5.74) is 2.50. The van der Waals surface area contributed by atoms with Gasteiger partial charge in [0.1, 0.15) is 11.6 Å².